The summed E-state index contributed by atoms with van der Waals surface area (Å²) in [6, 6.07) is 0. The number of esters is 2. The van der Waals surface area contributed by atoms with Gasteiger partial charge in [0.1, 0.15) is 13.2 Å². The van der Waals surface area contributed by atoms with E-state index in [0.717, 1.165) is 38.5 Å². The minimum Gasteiger partial charge on any atom is -0.545 e. The molecule has 0 saturated heterocycles. The second-order valence-corrected chi connectivity index (χ2v) is 28.0. The summed E-state index contributed by atoms with van der Waals surface area (Å²) in [4.78, 5) is 37.5. The lowest BCUT2D eigenvalue weighted by atomic mass is 10.0. The summed E-state index contributed by atoms with van der Waals surface area (Å²) in [5.74, 6) is -2.24. The van der Waals surface area contributed by atoms with Gasteiger partial charge in [-0.15, -0.1) is 0 Å². The average molecular weight is 1230 g/mol. The Bertz CT molecular complexity index is 1430. The van der Waals surface area contributed by atoms with Crippen molar-refractivity contribution in [1.29, 1.82) is 0 Å². The van der Waals surface area contributed by atoms with Gasteiger partial charge in [0.25, 0.3) is 0 Å². The molecule has 87 heavy (non-hydrogen) atoms. The number of carbonyl (C=O) groups is 3. The molecule has 0 radical (unpaired) electrons. The first-order valence-electron chi connectivity index (χ1n) is 38.8. The molecular weight excluding hydrogens is 1080 g/mol. The van der Waals surface area contributed by atoms with E-state index in [1.54, 1.807) is 0 Å². The molecular formula is C78H151NO8. The van der Waals surface area contributed by atoms with E-state index >= 15 is 0 Å². The fraction of sp³-hybridized carbons (Fsp3) is 0.936. The first kappa shape index (κ1) is 85.0. The third-order valence-electron chi connectivity index (χ3n) is 18.0. The zero-order chi connectivity index (χ0) is 63.3. The van der Waals surface area contributed by atoms with Crippen molar-refractivity contribution >= 4 is 17.9 Å². The second-order valence-electron chi connectivity index (χ2n) is 28.0. The topological polar surface area (TPSA) is 111 Å². The van der Waals surface area contributed by atoms with Gasteiger partial charge >= 0.3 is 11.9 Å². The highest BCUT2D eigenvalue weighted by atomic mass is 16.7. The van der Waals surface area contributed by atoms with Gasteiger partial charge in [-0.05, 0) is 38.5 Å². The van der Waals surface area contributed by atoms with Gasteiger partial charge in [-0.25, -0.2) is 0 Å². The summed E-state index contributed by atoms with van der Waals surface area (Å²) in [6.45, 7) is 4.84. The molecule has 2 atom stereocenters. The third-order valence-corrected chi connectivity index (χ3v) is 18.0. The van der Waals surface area contributed by atoms with Crippen molar-refractivity contribution in [1.82, 2.24) is 0 Å². The number of rotatable bonds is 74. The number of aliphatic carboxylic acids is 1. The minimum atomic E-state index is -1.62. The molecule has 0 aromatic rings. The number of ether oxygens (including phenoxy) is 4. The molecule has 0 fully saturated rings. The lowest BCUT2D eigenvalue weighted by molar-refractivity contribution is -0.870. The average Bonchev–Trinajstić information content (AvgIpc) is 3.57. The largest absolute Gasteiger partial charge is 0.545 e. The van der Waals surface area contributed by atoms with E-state index in [9.17, 15) is 19.5 Å². The fourth-order valence-electron chi connectivity index (χ4n) is 12.1. The van der Waals surface area contributed by atoms with Gasteiger partial charge in [0.15, 0.2) is 12.4 Å². The van der Waals surface area contributed by atoms with Crippen molar-refractivity contribution in [3.8, 4) is 0 Å². The highest BCUT2D eigenvalue weighted by Crippen LogP contribution is 2.20. The van der Waals surface area contributed by atoms with Gasteiger partial charge in [-0.3, -0.25) is 9.59 Å². The number of carboxylic acids is 1. The molecule has 516 valence electrons. The smallest absolute Gasteiger partial charge is 0.306 e. The maximum atomic E-state index is 13.0. The first-order valence-corrected chi connectivity index (χ1v) is 38.8. The van der Waals surface area contributed by atoms with Crippen molar-refractivity contribution < 1.29 is 42.9 Å². The second kappa shape index (κ2) is 69.9. The van der Waals surface area contributed by atoms with Gasteiger partial charge in [0.05, 0.1) is 40.3 Å². The number of hydrogen-bond donors (Lipinski definition) is 0. The summed E-state index contributed by atoms with van der Waals surface area (Å²) in [5.41, 5.74) is 0. The Morgan fingerprint density at radius 2 is 0.586 bits per heavy atom. The molecule has 2 unspecified atom stereocenters. The van der Waals surface area contributed by atoms with E-state index in [4.69, 9.17) is 18.9 Å². The lowest BCUT2D eigenvalue weighted by Crippen LogP contribution is -2.44. The molecule has 0 N–H and O–H groups in total. The number of allylic oxidation sites excluding steroid dienone is 2. The van der Waals surface area contributed by atoms with Crippen LogP contribution in [0.25, 0.3) is 0 Å². The van der Waals surface area contributed by atoms with Crippen LogP contribution < -0.4 is 5.11 Å². The predicted octanol–water partition coefficient (Wildman–Crippen LogP) is 23.0. The normalized spacial score (nSPS) is 12.6. The highest BCUT2D eigenvalue weighted by molar-refractivity contribution is 5.70. The van der Waals surface area contributed by atoms with Crippen LogP contribution in [0.2, 0.25) is 0 Å². The number of hydrogen-bond acceptors (Lipinski definition) is 8. The van der Waals surface area contributed by atoms with Crippen molar-refractivity contribution in [3.05, 3.63) is 12.2 Å². The van der Waals surface area contributed by atoms with E-state index in [0.29, 0.717) is 17.4 Å². The summed E-state index contributed by atoms with van der Waals surface area (Å²) in [7, 11) is 5.95. The van der Waals surface area contributed by atoms with Gasteiger partial charge in [0, 0.05) is 12.8 Å². The molecule has 0 amide bonds. The van der Waals surface area contributed by atoms with Crippen molar-refractivity contribution in [2.75, 3.05) is 47.5 Å². The third kappa shape index (κ3) is 71.3. The van der Waals surface area contributed by atoms with Gasteiger partial charge in [-0.1, -0.05) is 373 Å². The molecule has 0 heterocycles. The molecule has 9 heteroatoms. The van der Waals surface area contributed by atoms with Crippen LogP contribution in [0.4, 0.5) is 0 Å². The van der Waals surface area contributed by atoms with Gasteiger partial charge < -0.3 is 33.3 Å². The van der Waals surface area contributed by atoms with Gasteiger partial charge in [-0.2, -0.15) is 0 Å². The van der Waals surface area contributed by atoms with Crippen molar-refractivity contribution in [2.45, 2.75) is 424 Å². The van der Waals surface area contributed by atoms with Crippen LogP contribution in [0.3, 0.4) is 0 Å². The standard InChI is InChI=1S/C78H151NO8/c1-6-8-10-12-14-16-18-20-22-24-26-28-30-32-33-34-35-36-37-38-39-40-41-42-43-45-47-49-51-53-55-57-59-61-63-65-67-69-76(81)87-74(73-86-78(77(82)83)84-71-70-79(3,4)5)72-85-75(80)68-66-64-62-60-58-56-54-52-50-48-46-44-31-29-27-25-23-21-19-17-15-13-11-9-7-2/h24,26,74,78H,6-23,25,27-73H2,1-5H3/b26-24-. The Morgan fingerprint density at radius 3 is 0.851 bits per heavy atom. The highest BCUT2D eigenvalue weighted by Gasteiger charge is 2.22. The van der Waals surface area contributed by atoms with E-state index in [-0.39, 0.29) is 32.2 Å². The number of carboxylic acid groups (broad SMARTS) is 1. The van der Waals surface area contributed by atoms with Crippen LogP contribution in [0.1, 0.15) is 412 Å². The Balaban J connectivity index is 3.95. The van der Waals surface area contributed by atoms with E-state index in [2.05, 4.69) is 26.0 Å². The summed E-state index contributed by atoms with van der Waals surface area (Å²) < 4.78 is 22.9. The van der Waals surface area contributed by atoms with Crippen molar-refractivity contribution in [2.24, 2.45) is 0 Å². The van der Waals surface area contributed by atoms with Crippen LogP contribution >= 0.6 is 0 Å². The van der Waals surface area contributed by atoms with E-state index in [1.807, 2.05) is 21.1 Å². The Morgan fingerprint density at radius 1 is 0.333 bits per heavy atom. The number of carbonyl (C=O) groups excluding carboxylic acids is 3. The molecule has 9 nitrogen and oxygen atoms in total. The number of likely N-dealkylation sites (N-methyl/N-ethyl adjacent to an activating group) is 1. The molecule has 0 aliphatic heterocycles. The summed E-state index contributed by atoms with van der Waals surface area (Å²) >= 11 is 0. The molecule has 0 aliphatic rings. The minimum absolute atomic E-state index is 0.153. The van der Waals surface area contributed by atoms with Crippen LogP contribution in [-0.4, -0.2) is 82.3 Å². The fourth-order valence-corrected chi connectivity index (χ4v) is 12.1. The zero-order valence-corrected chi connectivity index (χ0v) is 59.2. The monoisotopic (exact) mass is 1230 g/mol. The molecule has 0 rings (SSSR count). The molecule has 0 aromatic carbocycles. The predicted molar refractivity (Wildman–Crippen MR) is 371 cm³/mol. The molecule has 0 aromatic heterocycles. The van der Waals surface area contributed by atoms with E-state index in [1.165, 1.54) is 347 Å². The van der Waals surface area contributed by atoms with Crippen molar-refractivity contribution in [3.63, 3.8) is 0 Å². The molecule has 0 aliphatic carbocycles. The first-order chi connectivity index (χ1) is 42.6. The van der Waals surface area contributed by atoms with Crippen LogP contribution in [0.5, 0.6) is 0 Å². The summed E-state index contributed by atoms with van der Waals surface area (Å²) in [6.07, 6.45) is 83.4. The maximum absolute atomic E-state index is 13.0. The number of quaternary nitrogens is 1. The molecule has 0 spiro atoms. The number of unbranched alkanes of at least 4 members (excludes halogenated alkanes) is 57. The van der Waals surface area contributed by atoms with Crippen LogP contribution in [0.15, 0.2) is 12.2 Å². The molecule has 0 bridgehead atoms. The SMILES string of the molecule is CCCCCCCCCC/C=C\CCCCCCCCCCCCCCCCCCCCCCCCCCCC(=O)OC(COC(=O)CCCCCCCCCCCCCCCCCCCCCCCCCCC)COC(OCC[N+](C)(C)C)C(=O)[O-]. The molecule has 0 saturated carbocycles. The number of nitrogens with zero attached hydrogens (tertiary/aromatic N) is 1. The van der Waals surface area contributed by atoms with Crippen LogP contribution in [0, 0.1) is 0 Å². The maximum Gasteiger partial charge on any atom is 0.306 e. The summed E-state index contributed by atoms with van der Waals surface area (Å²) in [5, 5.41) is 11.8. The zero-order valence-electron chi connectivity index (χ0n) is 59.2. The lowest BCUT2D eigenvalue weighted by Gasteiger charge is -2.26. The Labute approximate surface area is 542 Å². The van der Waals surface area contributed by atoms with E-state index < -0.39 is 24.3 Å². The van der Waals surface area contributed by atoms with Crippen LogP contribution in [-0.2, 0) is 33.3 Å². The quantitative estimate of drug-likeness (QED) is 0.0195. The Hall–Kier alpha value is -1.97. The van der Waals surface area contributed by atoms with Gasteiger partial charge in [0.2, 0.25) is 0 Å². The Kier molecular flexibility index (Phi) is 68.3.